The number of alkyl halides is 2. The zero-order valence-electron chi connectivity index (χ0n) is 19.8. The summed E-state index contributed by atoms with van der Waals surface area (Å²) in [6, 6.07) is 5.55. The number of hydrogen-bond donors (Lipinski definition) is 2. The molecule has 37 heavy (non-hydrogen) atoms. The molecule has 1 aromatic carbocycles. The molecule has 1 aliphatic rings. The molecule has 0 radical (unpaired) electrons. The van der Waals surface area contributed by atoms with Crippen molar-refractivity contribution in [3.63, 3.8) is 0 Å². The van der Waals surface area contributed by atoms with Crippen LogP contribution in [-0.4, -0.2) is 54.9 Å². The third-order valence-corrected chi connectivity index (χ3v) is 7.63. The highest BCUT2D eigenvalue weighted by Crippen LogP contribution is 2.33. The Morgan fingerprint density at radius 3 is 2.76 bits per heavy atom. The van der Waals surface area contributed by atoms with Crippen LogP contribution in [0.2, 0.25) is 0 Å². The molecule has 1 aliphatic heterocycles. The Bertz CT molecular complexity index is 1330. The quantitative estimate of drug-likeness (QED) is 0.387. The maximum Gasteiger partial charge on any atom is 0.355 e. The van der Waals surface area contributed by atoms with Gasteiger partial charge < -0.3 is 14.8 Å². The lowest BCUT2D eigenvalue weighted by molar-refractivity contribution is 0.0514. The number of carbonyl (C=O) groups excluding carboxylic acids is 1. The molecule has 1 saturated heterocycles. The number of aromatic nitrogens is 3. The molecule has 198 valence electrons. The summed E-state index contributed by atoms with van der Waals surface area (Å²) in [5, 5.41) is 3.20. The molecule has 1 fully saturated rings. The minimum absolute atomic E-state index is 0.0200. The van der Waals surface area contributed by atoms with Crippen LogP contribution < -0.4 is 14.8 Å². The molecule has 2 N–H and O–H groups in total. The fourth-order valence-electron chi connectivity index (χ4n) is 3.91. The highest BCUT2D eigenvalue weighted by atomic mass is 32.2. The zero-order chi connectivity index (χ0) is 26.4. The van der Waals surface area contributed by atoms with Gasteiger partial charge in [0.2, 0.25) is 5.88 Å². The first-order valence-electron chi connectivity index (χ1n) is 11.5. The minimum Gasteiger partial charge on any atom is -0.477 e. The summed E-state index contributed by atoms with van der Waals surface area (Å²) in [6.07, 6.45) is 5.88. The Kier molecular flexibility index (Phi) is 8.61. The van der Waals surface area contributed by atoms with E-state index in [0.29, 0.717) is 54.7 Å². The number of sulfonamides is 1. The zero-order valence-corrected chi connectivity index (χ0v) is 21.4. The van der Waals surface area contributed by atoms with Crippen LogP contribution in [-0.2, 0) is 14.8 Å². The average Bonchev–Trinajstić information content (AvgIpc) is 3.39. The highest BCUT2D eigenvalue weighted by molar-refractivity contribution is 7.93. The second-order valence-corrected chi connectivity index (χ2v) is 10.8. The number of anilines is 1. The summed E-state index contributed by atoms with van der Waals surface area (Å²) in [7, 11) is -4.83. The molecule has 0 spiro atoms. The van der Waals surface area contributed by atoms with E-state index in [9.17, 15) is 22.0 Å². The number of amides is 1. The van der Waals surface area contributed by atoms with Crippen molar-refractivity contribution < 1.29 is 31.5 Å². The van der Waals surface area contributed by atoms with Crippen molar-refractivity contribution in [3.8, 4) is 16.5 Å². The lowest BCUT2D eigenvalue weighted by atomic mass is 9.87. The Morgan fingerprint density at radius 2 is 2.03 bits per heavy atom. The first kappa shape index (κ1) is 26.8. The molecule has 3 heterocycles. The first-order chi connectivity index (χ1) is 17.8. The van der Waals surface area contributed by atoms with Crippen molar-refractivity contribution in [3.05, 3.63) is 53.4 Å². The summed E-state index contributed by atoms with van der Waals surface area (Å²) >= 11 is 1.14. The maximum atomic E-state index is 13.2. The predicted molar refractivity (Wildman–Crippen MR) is 133 cm³/mol. The van der Waals surface area contributed by atoms with Crippen LogP contribution in [0.3, 0.4) is 0 Å². The molecule has 3 aromatic rings. The third-order valence-electron chi connectivity index (χ3n) is 5.62. The van der Waals surface area contributed by atoms with Crippen molar-refractivity contribution in [1.29, 1.82) is 0 Å². The van der Waals surface area contributed by atoms with Crippen molar-refractivity contribution in [2.45, 2.75) is 31.6 Å². The Labute approximate surface area is 216 Å². The molecule has 2 aromatic heterocycles. The lowest BCUT2D eigenvalue weighted by Gasteiger charge is -2.31. The van der Waals surface area contributed by atoms with Crippen LogP contribution in [0.15, 0.2) is 42.9 Å². The number of nitrogens with zero attached hydrogens (tertiary/aromatic N) is 3. The van der Waals surface area contributed by atoms with E-state index in [0.717, 1.165) is 11.3 Å². The summed E-state index contributed by atoms with van der Waals surface area (Å²) in [4.78, 5) is 26.6. The van der Waals surface area contributed by atoms with Gasteiger partial charge in [-0.1, -0.05) is 12.1 Å². The monoisotopic (exact) mass is 553 g/mol. The summed E-state index contributed by atoms with van der Waals surface area (Å²) in [5.74, 6) is -3.66. The van der Waals surface area contributed by atoms with Crippen molar-refractivity contribution in [2.75, 3.05) is 24.5 Å². The molecule has 0 aliphatic carbocycles. The minimum atomic E-state index is -4.83. The lowest BCUT2D eigenvalue weighted by Crippen LogP contribution is -2.36. The molecule has 14 heteroatoms. The van der Waals surface area contributed by atoms with E-state index < -0.39 is 27.7 Å². The molecule has 1 amide bonds. The number of rotatable bonds is 10. The summed E-state index contributed by atoms with van der Waals surface area (Å²) < 4.78 is 61.7. The normalized spacial score (nSPS) is 15.4. The third kappa shape index (κ3) is 6.76. The molecule has 1 atom stereocenters. The van der Waals surface area contributed by atoms with Crippen LogP contribution in [0, 0.1) is 5.92 Å². The number of hydrogen-bond acceptors (Lipinski definition) is 9. The Balaban J connectivity index is 1.57. The second kappa shape index (κ2) is 11.9. The van der Waals surface area contributed by atoms with Crippen LogP contribution in [0.25, 0.3) is 10.6 Å². The number of nitrogens with one attached hydrogen (secondary N) is 2. The largest absolute Gasteiger partial charge is 0.477 e. The average molecular weight is 554 g/mol. The van der Waals surface area contributed by atoms with E-state index >= 15 is 0 Å². The van der Waals surface area contributed by atoms with Gasteiger partial charge in [-0.25, -0.2) is 18.4 Å². The Morgan fingerprint density at radius 1 is 1.24 bits per heavy atom. The van der Waals surface area contributed by atoms with Gasteiger partial charge in [-0.05, 0) is 43.4 Å². The molecule has 0 saturated carbocycles. The first-order valence-corrected chi connectivity index (χ1v) is 13.8. The summed E-state index contributed by atoms with van der Waals surface area (Å²) in [5.41, 5.74) is 1.07. The Hall–Kier alpha value is -3.23. The molecule has 0 unspecified atom stereocenters. The molecule has 4 rings (SSSR count). The SMILES string of the molecule is CCOc1cncc(-c2cnc(C(=O)N[C@@H](c3cccc(NS(=O)(=O)C(F)F)c3)C3CCOCC3)s2)n1. The number of ether oxygens (including phenoxy) is 2. The fraction of sp³-hybridized carbons (Fsp3) is 0.391. The van der Waals surface area contributed by atoms with Gasteiger partial charge in [0.05, 0.1) is 29.9 Å². The van der Waals surface area contributed by atoms with E-state index in [2.05, 4.69) is 20.3 Å². The number of halogens is 2. The smallest absolute Gasteiger partial charge is 0.355 e. The molecule has 0 bridgehead atoms. The molecular formula is C23H25F2N5O5S2. The van der Waals surface area contributed by atoms with Gasteiger partial charge in [-0.15, -0.1) is 11.3 Å². The van der Waals surface area contributed by atoms with Crippen LogP contribution in [0.4, 0.5) is 14.5 Å². The fourth-order valence-corrected chi connectivity index (χ4v) is 5.23. The molecule has 10 nitrogen and oxygen atoms in total. The molecular weight excluding hydrogens is 528 g/mol. The van der Waals surface area contributed by atoms with Crippen molar-refractivity contribution in [2.24, 2.45) is 5.92 Å². The van der Waals surface area contributed by atoms with E-state index in [1.165, 1.54) is 24.5 Å². The van der Waals surface area contributed by atoms with Gasteiger partial charge in [0.15, 0.2) is 5.01 Å². The van der Waals surface area contributed by atoms with Crippen molar-refractivity contribution >= 4 is 33.0 Å². The highest BCUT2D eigenvalue weighted by Gasteiger charge is 2.29. The topological polar surface area (TPSA) is 132 Å². The van der Waals surface area contributed by atoms with Gasteiger partial charge in [-0.3, -0.25) is 14.5 Å². The van der Waals surface area contributed by atoms with E-state index in [1.54, 1.807) is 18.3 Å². The standard InChI is InChI=1S/C23H25F2N5O5S2/c1-2-35-19-13-26-11-17(28-19)18-12-27-22(36-18)21(31)29-20(14-6-8-34-9-7-14)15-4-3-5-16(10-15)30-37(32,33)23(24)25/h3-5,10-14,20,23,30H,2,6-9H2,1H3,(H,29,31)/t20-/m1/s1. The number of benzene rings is 1. The number of thiazole rings is 1. The van der Waals surface area contributed by atoms with E-state index in [4.69, 9.17) is 9.47 Å². The second-order valence-electron chi connectivity index (χ2n) is 8.14. The predicted octanol–water partition coefficient (Wildman–Crippen LogP) is 3.86. The van der Waals surface area contributed by atoms with Gasteiger partial charge in [0, 0.05) is 25.1 Å². The maximum absolute atomic E-state index is 13.2. The van der Waals surface area contributed by atoms with Gasteiger partial charge in [-0.2, -0.15) is 8.78 Å². The number of carbonyl (C=O) groups is 1. The van der Waals surface area contributed by atoms with Gasteiger partial charge >= 0.3 is 5.76 Å². The van der Waals surface area contributed by atoms with Gasteiger partial charge in [0.1, 0.15) is 5.69 Å². The van der Waals surface area contributed by atoms with E-state index in [1.807, 2.05) is 11.6 Å². The van der Waals surface area contributed by atoms with Crippen LogP contribution >= 0.6 is 11.3 Å². The van der Waals surface area contributed by atoms with Crippen LogP contribution in [0.1, 0.15) is 41.2 Å². The van der Waals surface area contributed by atoms with Crippen molar-refractivity contribution in [1.82, 2.24) is 20.3 Å². The van der Waals surface area contributed by atoms with Gasteiger partial charge in [0.25, 0.3) is 15.9 Å². The van der Waals surface area contributed by atoms with Crippen LogP contribution in [0.5, 0.6) is 5.88 Å². The van der Waals surface area contributed by atoms with E-state index in [-0.39, 0.29) is 16.6 Å². The summed E-state index contributed by atoms with van der Waals surface area (Å²) in [6.45, 7) is 3.28.